The Morgan fingerprint density at radius 2 is 1.81 bits per heavy atom. The molecule has 1 heterocycles. The van der Waals surface area contributed by atoms with Gasteiger partial charge in [0.15, 0.2) is 0 Å². The molecule has 0 bridgehead atoms. The fourth-order valence-electron chi connectivity index (χ4n) is 2.72. The van der Waals surface area contributed by atoms with E-state index in [2.05, 4.69) is 15.3 Å². The Bertz CT molecular complexity index is 934. The highest BCUT2D eigenvalue weighted by atomic mass is 35.5. The van der Waals surface area contributed by atoms with Crippen LogP contribution in [0.1, 0.15) is 18.4 Å². The number of hydrogen-bond donors (Lipinski definition) is 4. The van der Waals surface area contributed by atoms with Crippen LogP contribution in [-0.4, -0.2) is 29.0 Å². The third kappa shape index (κ3) is 5.87. The van der Waals surface area contributed by atoms with Gasteiger partial charge in [-0.25, -0.2) is 4.79 Å². The fourth-order valence-corrected chi connectivity index (χ4v) is 2.72. The normalized spacial score (nSPS) is 10.4. The molecular weight excluding hydrogens is 368 g/mol. The van der Waals surface area contributed by atoms with E-state index in [4.69, 9.17) is 10.5 Å². The molecular formula is C19H23ClN4O3. The number of hydrogen-bond acceptors (Lipinski definition) is 4. The topological polar surface area (TPSA) is 113 Å². The van der Waals surface area contributed by atoms with E-state index in [9.17, 15) is 9.59 Å². The SMILES string of the molecule is Cl.NCCOc1ccc(NC(=O)CCCc2ccc3[nH]c(=O)[nH]c3c2)cc1. The number of aryl methyl sites for hydroxylation is 1. The molecule has 0 aliphatic heterocycles. The Balaban J connectivity index is 0.00000261. The van der Waals surface area contributed by atoms with Gasteiger partial charge in [0.2, 0.25) is 5.91 Å². The largest absolute Gasteiger partial charge is 0.492 e. The van der Waals surface area contributed by atoms with Crippen LogP contribution in [0.2, 0.25) is 0 Å². The first kappa shape index (κ1) is 20.5. The molecule has 27 heavy (non-hydrogen) atoms. The molecule has 0 atom stereocenters. The number of halogens is 1. The van der Waals surface area contributed by atoms with Crippen LogP contribution in [0, 0.1) is 0 Å². The minimum atomic E-state index is -0.212. The molecule has 0 aliphatic carbocycles. The number of anilines is 1. The minimum absolute atomic E-state index is 0. The molecule has 3 aromatic rings. The van der Waals surface area contributed by atoms with Crippen molar-refractivity contribution in [1.29, 1.82) is 0 Å². The molecule has 0 unspecified atom stereocenters. The summed E-state index contributed by atoms with van der Waals surface area (Å²) in [5.41, 5.74) is 8.57. The van der Waals surface area contributed by atoms with E-state index < -0.39 is 0 Å². The first-order valence-electron chi connectivity index (χ1n) is 8.58. The highest BCUT2D eigenvalue weighted by molar-refractivity contribution is 5.90. The number of carbonyl (C=O) groups is 1. The maximum absolute atomic E-state index is 12.1. The highest BCUT2D eigenvalue weighted by Gasteiger charge is 2.05. The van der Waals surface area contributed by atoms with E-state index in [1.54, 1.807) is 24.3 Å². The lowest BCUT2D eigenvalue weighted by molar-refractivity contribution is -0.116. The van der Waals surface area contributed by atoms with Crippen LogP contribution < -0.4 is 21.5 Å². The van der Waals surface area contributed by atoms with Gasteiger partial charge >= 0.3 is 5.69 Å². The molecule has 7 nitrogen and oxygen atoms in total. The van der Waals surface area contributed by atoms with Crippen LogP contribution >= 0.6 is 12.4 Å². The maximum Gasteiger partial charge on any atom is 0.323 e. The Hall–Kier alpha value is -2.77. The van der Waals surface area contributed by atoms with E-state index in [0.29, 0.717) is 19.6 Å². The Morgan fingerprint density at radius 3 is 2.56 bits per heavy atom. The Kier molecular flexibility index (Phi) is 7.45. The predicted octanol–water partition coefficient (Wildman–Crippen LogP) is 2.58. The van der Waals surface area contributed by atoms with E-state index in [0.717, 1.165) is 40.9 Å². The van der Waals surface area contributed by atoms with Crippen LogP contribution in [0.25, 0.3) is 11.0 Å². The second-order valence-corrected chi connectivity index (χ2v) is 6.02. The van der Waals surface area contributed by atoms with Crippen LogP contribution in [0.3, 0.4) is 0 Å². The van der Waals surface area contributed by atoms with Gasteiger partial charge in [0.05, 0.1) is 11.0 Å². The molecule has 3 rings (SSSR count). The van der Waals surface area contributed by atoms with Gasteiger partial charge in [-0.05, 0) is 54.8 Å². The van der Waals surface area contributed by atoms with Crippen molar-refractivity contribution in [2.75, 3.05) is 18.5 Å². The van der Waals surface area contributed by atoms with Crippen molar-refractivity contribution in [1.82, 2.24) is 9.97 Å². The number of ether oxygens (including phenoxy) is 1. The lowest BCUT2D eigenvalue weighted by Gasteiger charge is -2.08. The molecule has 5 N–H and O–H groups in total. The van der Waals surface area contributed by atoms with Crippen LogP contribution in [0.4, 0.5) is 5.69 Å². The lowest BCUT2D eigenvalue weighted by atomic mass is 10.1. The minimum Gasteiger partial charge on any atom is -0.492 e. The van der Waals surface area contributed by atoms with Crippen molar-refractivity contribution in [2.24, 2.45) is 5.73 Å². The number of rotatable bonds is 8. The molecule has 1 amide bonds. The average Bonchev–Trinajstić information content (AvgIpc) is 3.00. The molecule has 2 aromatic carbocycles. The number of imidazole rings is 1. The summed E-state index contributed by atoms with van der Waals surface area (Å²) in [4.78, 5) is 28.8. The van der Waals surface area contributed by atoms with Crippen LogP contribution in [0.15, 0.2) is 47.3 Å². The quantitative estimate of drug-likeness (QED) is 0.473. The van der Waals surface area contributed by atoms with Crippen LogP contribution in [0.5, 0.6) is 5.75 Å². The molecule has 1 aromatic heterocycles. The zero-order valence-corrected chi connectivity index (χ0v) is 15.6. The number of H-pyrrole nitrogens is 2. The number of aromatic amines is 2. The molecule has 0 saturated carbocycles. The summed E-state index contributed by atoms with van der Waals surface area (Å²) >= 11 is 0. The summed E-state index contributed by atoms with van der Waals surface area (Å²) in [5.74, 6) is 0.698. The van der Waals surface area contributed by atoms with Gasteiger partial charge in [0.1, 0.15) is 12.4 Å². The molecule has 0 spiro atoms. The van der Waals surface area contributed by atoms with Crippen LogP contribution in [-0.2, 0) is 11.2 Å². The van der Waals surface area contributed by atoms with Gasteiger partial charge in [-0.1, -0.05) is 6.07 Å². The zero-order valence-electron chi connectivity index (χ0n) is 14.8. The second-order valence-electron chi connectivity index (χ2n) is 6.02. The average molecular weight is 391 g/mol. The zero-order chi connectivity index (χ0) is 18.4. The number of aromatic nitrogens is 2. The van der Waals surface area contributed by atoms with Gasteiger partial charge < -0.3 is 25.8 Å². The van der Waals surface area contributed by atoms with Crippen molar-refractivity contribution in [3.63, 3.8) is 0 Å². The summed E-state index contributed by atoms with van der Waals surface area (Å²) in [5, 5.41) is 2.87. The number of fused-ring (bicyclic) bond motifs is 1. The standard InChI is InChI=1S/C19H22N4O3.ClH/c20-10-11-26-15-7-5-14(6-8-15)21-18(24)3-1-2-13-4-9-16-17(12-13)23-19(25)22-16;/h4-9,12H,1-3,10-11,20H2,(H,21,24)(H2,22,23,25);1H. The summed E-state index contributed by atoms with van der Waals surface area (Å²) in [6.07, 6.45) is 1.92. The van der Waals surface area contributed by atoms with Gasteiger partial charge in [-0.15, -0.1) is 12.4 Å². The Morgan fingerprint density at radius 1 is 1.07 bits per heavy atom. The summed E-state index contributed by atoms with van der Waals surface area (Å²) in [7, 11) is 0. The van der Waals surface area contributed by atoms with Crippen molar-refractivity contribution < 1.29 is 9.53 Å². The Labute approximate surface area is 162 Å². The summed E-state index contributed by atoms with van der Waals surface area (Å²) in [6, 6.07) is 13.0. The third-order valence-electron chi connectivity index (χ3n) is 3.97. The molecule has 0 fully saturated rings. The van der Waals surface area contributed by atoms with Crippen molar-refractivity contribution in [3.8, 4) is 5.75 Å². The molecule has 144 valence electrons. The van der Waals surface area contributed by atoms with E-state index in [1.807, 2.05) is 18.2 Å². The lowest BCUT2D eigenvalue weighted by Crippen LogP contribution is -2.12. The first-order chi connectivity index (χ1) is 12.6. The van der Waals surface area contributed by atoms with Gasteiger partial charge in [-0.3, -0.25) is 4.79 Å². The van der Waals surface area contributed by atoms with E-state index >= 15 is 0 Å². The fraction of sp³-hybridized carbons (Fsp3) is 0.263. The van der Waals surface area contributed by atoms with Crippen molar-refractivity contribution in [2.45, 2.75) is 19.3 Å². The first-order valence-corrected chi connectivity index (χ1v) is 8.58. The smallest absolute Gasteiger partial charge is 0.323 e. The number of benzene rings is 2. The molecule has 0 saturated heterocycles. The summed E-state index contributed by atoms with van der Waals surface area (Å²) < 4.78 is 5.40. The summed E-state index contributed by atoms with van der Waals surface area (Å²) in [6.45, 7) is 0.930. The monoisotopic (exact) mass is 390 g/mol. The van der Waals surface area contributed by atoms with E-state index in [1.165, 1.54) is 0 Å². The van der Waals surface area contributed by atoms with Crippen molar-refractivity contribution >= 4 is 35.0 Å². The number of nitrogens with one attached hydrogen (secondary N) is 3. The third-order valence-corrected chi connectivity index (χ3v) is 3.97. The maximum atomic E-state index is 12.1. The van der Waals surface area contributed by atoms with Crippen molar-refractivity contribution in [3.05, 3.63) is 58.5 Å². The van der Waals surface area contributed by atoms with E-state index in [-0.39, 0.29) is 24.0 Å². The number of amides is 1. The van der Waals surface area contributed by atoms with Gasteiger partial charge in [0.25, 0.3) is 0 Å². The molecule has 0 radical (unpaired) electrons. The number of nitrogens with two attached hydrogens (primary N) is 1. The predicted molar refractivity (Wildman–Crippen MR) is 109 cm³/mol. The highest BCUT2D eigenvalue weighted by Crippen LogP contribution is 2.16. The van der Waals surface area contributed by atoms with Gasteiger partial charge in [-0.2, -0.15) is 0 Å². The van der Waals surface area contributed by atoms with Gasteiger partial charge in [0, 0.05) is 18.7 Å². The molecule has 0 aliphatic rings. The number of carbonyl (C=O) groups excluding carboxylic acids is 1. The molecule has 8 heteroatoms. The second kappa shape index (κ2) is 9.80.